The molecule has 0 N–H and O–H groups in total. The van der Waals surface area contributed by atoms with Crippen molar-refractivity contribution in [1.82, 2.24) is 4.90 Å². The Labute approximate surface area is 125 Å². The van der Waals surface area contributed by atoms with Gasteiger partial charge in [-0.25, -0.2) is 0 Å². The first-order valence-electron chi connectivity index (χ1n) is 7.15. The summed E-state index contributed by atoms with van der Waals surface area (Å²) in [4.78, 5) is 13.7. The standard InChI is InChI=1S/C18H19NO2/c1-21-13-15-7-8-17-16(9-15)11-19(18(17)12-20)10-14-5-3-2-4-6-14/h2-9,12,18H,10-11,13H2,1H3. The zero-order valence-corrected chi connectivity index (χ0v) is 12.2. The van der Waals surface area contributed by atoms with Crippen LogP contribution in [0.4, 0.5) is 0 Å². The third-order valence-corrected chi connectivity index (χ3v) is 3.96. The molecule has 2 aromatic rings. The molecule has 3 nitrogen and oxygen atoms in total. The smallest absolute Gasteiger partial charge is 0.141 e. The number of carbonyl (C=O) groups is 1. The Bertz CT molecular complexity index is 624. The van der Waals surface area contributed by atoms with Crippen molar-refractivity contribution in [2.45, 2.75) is 25.7 Å². The maximum absolute atomic E-state index is 11.5. The number of methoxy groups -OCH3 is 1. The molecule has 0 radical (unpaired) electrons. The number of aldehydes is 1. The summed E-state index contributed by atoms with van der Waals surface area (Å²) >= 11 is 0. The molecule has 0 spiro atoms. The van der Waals surface area contributed by atoms with Crippen LogP contribution in [-0.2, 0) is 29.2 Å². The highest BCUT2D eigenvalue weighted by Crippen LogP contribution is 2.34. The van der Waals surface area contributed by atoms with Crippen molar-refractivity contribution in [3.8, 4) is 0 Å². The summed E-state index contributed by atoms with van der Waals surface area (Å²) in [6, 6.07) is 16.4. The van der Waals surface area contributed by atoms with Gasteiger partial charge in [0, 0.05) is 20.2 Å². The fraction of sp³-hybridized carbons (Fsp3) is 0.278. The molecule has 21 heavy (non-hydrogen) atoms. The van der Waals surface area contributed by atoms with Gasteiger partial charge in [0.05, 0.1) is 12.6 Å². The van der Waals surface area contributed by atoms with Crippen LogP contribution in [0.2, 0.25) is 0 Å². The molecule has 0 saturated carbocycles. The van der Waals surface area contributed by atoms with Crippen molar-refractivity contribution in [2.75, 3.05) is 7.11 Å². The zero-order valence-electron chi connectivity index (χ0n) is 12.2. The molecule has 3 rings (SSSR count). The summed E-state index contributed by atoms with van der Waals surface area (Å²) in [6.07, 6.45) is 1.05. The molecule has 1 aliphatic heterocycles. The highest BCUT2D eigenvalue weighted by atomic mass is 16.5. The summed E-state index contributed by atoms with van der Waals surface area (Å²) in [5.74, 6) is 0. The van der Waals surface area contributed by atoms with Crippen LogP contribution in [0.1, 0.15) is 28.3 Å². The van der Waals surface area contributed by atoms with Gasteiger partial charge in [-0.15, -0.1) is 0 Å². The van der Waals surface area contributed by atoms with Crippen molar-refractivity contribution < 1.29 is 9.53 Å². The average Bonchev–Trinajstić information content (AvgIpc) is 2.85. The molecule has 0 aliphatic carbocycles. The van der Waals surface area contributed by atoms with Crippen LogP contribution < -0.4 is 0 Å². The van der Waals surface area contributed by atoms with E-state index >= 15 is 0 Å². The molecule has 2 aromatic carbocycles. The van der Waals surface area contributed by atoms with Crippen molar-refractivity contribution in [1.29, 1.82) is 0 Å². The Kier molecular flexibility index (Phi) is 4.13. The van der Waals surface area contributed by atoms with E-state index in [0.29, 0.717) is 6.61 Å². The van der Waals surface area contributed by atoms with E-state index in [-0.39, 0.29) is 6.04 Å². The number of hydrogen-bond donors (Lipinski definition) is 0. The number of benzene rings is 2. The zero-order chi connectivity index (χ0) is 14.7. The molecule has 1 aliphatic rings. The van der Waals surface area contributed by atoms with Crippen molar-refractivity contribution in [3.05, 3.63) is 70.8 Å². The van der Waals surface area contributed by atoms with Gasteiger partial charge >= 0.3 is 0 Å². The summed E-state index contributed by atoms with van der Waals surface area (Å²) in [7, 11) is 1.70. The van der Waals surface area contributed by atoms with Gasteiger partial charge in [-0.2, -0.15) is 0 Å². The van der Waals surface area contributed by atoms with Crippen LogP contribution >= 0.6 is 0 Å². The molecular formula is C18H19NO2. The Morgan fingerprint density at radius 2 is 2.00 bits per heavy atom. The normalized spacial score (nSPS) is 17.7. The van der Waals surface area contributed by atoms with E-state index in [0.717, 1.165) is 30.5 Å². The van der Waals surface area contributed by atoms with Crippen LogP contribution in [-0.4, -0.2) is 18.3 Å². The highest BCUT2D eigenvalue weighted by Gasteiger charge is 2.29. The Morgan fingerprint density at radius 1 is 1.19 bits per heavy atom. The first-order chi connectivity index (χ1) is 10.3. The molecule has 0 bridgehead atoms. The van der Waals surface area contributed by atoms with E-state index in [2.05, 4.69) is 29.2 Å². The second-order valence-corrected chi connectivity index (χ2v) is 5.44. The van der Waals surface area contributed by atoms with Gasteiger partial charge in [-0.05, 0) is 22.3 Å². The van der Waals surface area contributed by atoms with Gasteiger partial charge in [0.2, 0.25) is 0 Å². The number of fused-ring (bicyclic) bond motifs is 1. The van der Waals surface area contributed by atoms with Gasteiger partial charge in [-0.1, -0.05) is 48.5 Å². The number of carbonyl (C=O) groups excluding carboxylic acids is 1. The molecule has 1 unspecified atom stereocenters. The van der Waals surface area contributed by atoms with Crippen molar-refractivity contribution >= 4 is 6.29 Å². The quantitative estimate of drug-likeness (QED) is 0.789. The molecule has 0 fully saturated rings. The summed E-state index contributed by atoms with van der Waals surface area (Å²) in [6.45, 7) is 2.21. The van der Waals surface area contributed by atoms with Gasteiger partial charge < -0.3 is 9.53 Å². The number of ether oxygens (including phenoxy) is 1. The number of rotatable bonds is 5. The Balaban J connectivity index is 1.83. The van der Waals surface area contributed by atoms with E-state index in [4.69, 9.17) is 4.74 Å². The van der Waals surface area contributed by atoms with Gasteiger partial charge in [0.25, 0.3) is 0 Å². The van der Waals surface area contributed by atoms with Crippen molar-refractivity contribution in [3.63, 3.8) is 0 Å². The monoisotopic (exact) mass is 281 g/mol. The van der Waals surface area contributed by atoms with Crippen LogP contribution in [0.5, 0.6) is 0 Å². The maximum Gasteiger partial charge on any atom is 0.141 e. The molecular weight excluding hydrogens is 262 g/mol. The van der Waals surface area contributed by atoms with Crippen LogP contribution in [0, 0.1) is 0 Å². The Hall–Kier alpha value is -1.97. The second kappa shape index (κ2) is 6.20. The van der Waals surface area contributed by atoms with E-state index in [1.54, 1.807) is 7.11 Å². The first kappa shape index (κ1) is 14.0. The lowest BCUT2D eigenvalue weighted by Crippen LogP contribution is -2.22. The minimum absolute atomic E-state index is 0.142. The summed E-state index contributed by atoms with van der Waals surface area (Å²) < 4.78 is 5.18. The largest absolute Gasteiger partial charge is 0.380 e. The molecule has 108 valence electrons. The summed E-state index contributed by atoms with van der Waals surface area (Å²) in [5.41, 5.74) is 4.75. The van der Waals surface area contributed by atoms with Gasteiger partial charge in [0.1, 0.15) is 6.29 Å². The predicted octanol–water partition coefficient (Wildman–Crippen LogP) is 3.09. The van der Waals surface area contributed by atoms with E-state index in [1.165, 1.54) is 11.1 Å². The minimum Gasteiger partial charge on any atom is -0.380 e. The minimum atomic E-state index is -0.142. The number of hydrogen-bond acceptors (Lipinski definition) is 3. The lowest BCUT2D eigenvalue weighted by Gasteiger charge is -2.20. The molecule has 0 saturated heterocycles. The Morgan fingerprint density at radius 3 is 2.71 bits per heavy atom. The third kappa shape index (κ3) is 2.89. The highest BCUT2D eigenvalue weighted by molar-refractivity contribution is 5.64. The SMILES string of the molecule is COCc1ccc2c(c1)CN(Cc1ccccc1)C2C=O. The first-order valence-corrected chi connectivity index (χ1v) is 7.15. The summed E-state index contributed by atoms with van der Waals surface area (Å²) in [5, 5.41) is 0. The van der Waals surface area contributed by atoms with Crippen LogP contribution in [0.15, 0.2) is 48.5 Å². The lowest BCUT2D eigenvalue weighted by atomic mass is 10.0. The molecule has 1 heterocycles. The van der Waals surface area contributed by atoms with Crippen LogP contribution in [0.3, 0.4) is 0 Å². The molecule has 0 amide bonds. The number of nitrogens with zero attached hydrogens (tertiary/aromatic N) is 1. The molecule has 1 atom stereocenters. The van der Waals surface area contributed by atoms with Gasteiger partial charge in [-0.3, -0.25) is 4.90 Å². The molecule has 3 heteroatoms. The second-order valence-electron chi connectivity index (χ2n) is 5.44. The van der Waals surface area contributed by atoms with E-state index in [9.17, 15) is 4.79 Å². The maximum atomic E-state index is 11.5. The van der Waals surface area contributed by atoms with Crippen LogP contribution in [0.25, 0.3) is 0 Å². The third-order valence-electron chi connectivity index (χ3n) is 3.96. The van der Waals surface area contributed by atoms with E-state index in [1.807, 2.05) is 24.3 Å². The van der Waals surface area contributed by atoms with Gasteiger partial charge in [0.15, 0.2) is 0 Å². The molecule has 0 aromatic heterocycles. The average molecular weight is 281 g/mol. The fourth-order valence-corrected chi connectivity index (χ4v) is 2.99. The topological polar surface area (TPSA) is 29.5 Å². The fourth-order valence-electron chi connectivity index (χ4n) is 2.99. The van der Waals surface area contributed by atoms with Crippen molar-refractivity contribution in [2.24, 2.45) is 0 Å². The lowest BCUT2D eigenvalue weighted by molar-refractivity contribution is -0.112. The predicted molar refractivity (Wildman–Crippen MR) is 81.6 cm³/mol. The van der Waals surface area contributed by atoms with E-state index < -0.39 is 0 Å².